The van der Waals surface area contributed by atoms with E-state index in [1.165, 1.54) is 0 Å². The number of aryl methyl sites for hydroxylation is 1. The molecule has 0 saturated carbocycles. The summed E-state index contributed by atoms with van der Waals surface area (Å²) in [7, 11) is -1.63. The van der Waals surface area contributed by atoms with Gasteiger partial charge >= 0.3 is 0 Å². The third-order valence-corrected chi connectivity index (χ3v) is 5.83. The number of rotatable bonds is 3. The Morgan fingerprint density at radius 1 is 1.28 bits per heavy atom. The molecule has 100 valence electrons. The minimum Gasteiger partial charge on any atom is -0.497 e. The van der Waals surface area contributed by atoms with E-state index in [0.717, 1.165) is 18.7 Å². The van der Waals surface area contributed by atoms with Crippen LogP contribution in [-0.4, -0.2) is 33.9 Å². The highest BCUT2D eigenvalue weighted by atomic mass is 32.2. The quantitative estimate of drug-likeness (QED) is 0.904. The summed E-state index contributed by atoms with van der Waals surface area (Å²) in [5, 5.41) is 2.93. The number of hydrogen-bond donors (Lipinski definition) is 1. The van der Waals surface area contributed by atoms with E-state index in [4.69, 9.17) is 4.74 Å². The molecule has 1 saturated heterocycles. The maximum absolute atomic E-state index is 12.5. The van der Waals surface area contributed by atoms with Crippen LogP contribution in [-0.2, 0) is 9.84 Å². The predicted molar refractivity (Wildman–Crippen MR) is 70.8 cm³/mol. The van der Waals surface area contributed by atoms with E-state index in [1.54, 1.807) is 25.3 Å². The molecule has 1 aliphatic rings. The van der Waals surface area contributed by atoms with Gasteiger partial charge in [0.15, 0.2) is 9.84 Å². The summed E-state index contributed by atoms with van der Waals surface area (Å²) in [5.74, 6) is 0.691. The molecule has 1 aliphatic heterocycles. The average Bonchev–Trinajstić information content (AvgIpc) is 2.39. The fraction of sp³-hybridized carbons (Fsp3) is 0.538. The third-order valence-electron chi connectivity index (χ3n) is 3.41. The molecule has 0 amide bonds. The van der Waals surface area contributed by atoms with E-state index in [1.807, 2.05) is 6.92 Å². The van der Waals surface area contributed by atoms with Gasteiger partial charge in [0, 0.05) is 0 Å². The summed E-state index contributed by atoms with van der Waals surface area (Å²) < 4.78 is 30.2. The number of nitrogens with one attached hydrogen (secondary N) is 1. The standard InChI is InChI=1S/C13H19NO3S/c1-10-9-11(17-2)3-4-13(10)18(15,16)12-5-7-14-8-6-12/h3-4,9,12,14H,5-8H2,1-2H3. The minimum absolute atomic E-state index is 0.258. The van der Waals surface area contributed by atoms with Gasteiger partial charge < -0.3 is 10.1 Å². The SMILES string of the molecule is COc1ccc(S(=O)(=O)C2CCNCC2)c(C)c1. The first-order valence-electron chi connectivity index (χ1n) is 6.15. The van der Waals surface area contributed by atoms with E-state index in [2.05, 4.69) is 5.32 Å². The Balaban J connectivity index is 2.34. The van der Waals surface area contributed by atoms with E-state index in [9.17, 15) is 8.42 Å². The van der Waals surface area contributed by atoms with Gasteiger partial charge in [-0.2, -0.15) is 0 Å². The Morgan fingerprint density at radius 2 is 1.94 bits per heavy atom. The van der Waals surface area contributed by atoms with Gasteiger partial charge in [0.05, 0.1) is 17.3 Å². The molecule has 1 aromatic carbocycles. The van der Waals surface area contributed by atoms with Crippen molar-refractivity contribution in [3.63, 3.8) is 0 Å². The molecule has 1 heterocycles. The zero-order valence-electron chi connectivity index (χ0n) is 10.8. The molecule has 0 aromatic heterocycles. The van der Waals surface area contributed by atoms with Crippen LogP contribution in [0.15, 0.2) is 23.1 Å². The molecule has 0 aliphatic carbocycles. The number of benzene rings is 1. The smallest absolute Gasteiger partial charge is 0.181 e. The summed E-state index contributed by atoms with van der Waals surface area (Å²) in [6, 6.07) is 5.14. The number of piperidine rings is 1. The molecule has 2 rings (SSSR count). The topological polar surface area (TPSA) is 55.4 Å². The van der Waals surface area contributed by atoms with Crippen molar-refractivity contribution in [1.82, 2.24) is 5.32 Å². The van der Waals surface area contributed by atoms with Crippen LogP contribution in [0.5, 0.6) is 5.75 Å². The summed E-state index contributed by atoms with van der Waals surface area (Å²) in [5.41, 5.74) is 0.757. The Morgan fingerprint density at radius 3 is 2.50 bits per heavy atom. The van der Waals surface area contributed by atoms with Crippen LogP contribution in [0.4, 0.5) is 0 Å². The van der Waals surface area contributed by atoms with Crippen molar-refractivity contribution in [3.8, 4) is 5.75 Å². The largest absolute Gasteiger partial charge is 0.497 e. The lowest BCUT2D eigenvalue weighted by atomic mass is 10.2. The summed E-state index contributed by atoms with van der Waals surface area (Å²) in [6.07, 6.45) is 1.38. The predicted octanol–water partition coefficient (Wildman–Crippen LogP) is 1.53. The van der Waals surface area contributed by atoms with Gasteiger partial charge in [-0.3, -0.25) is 0 Å². The van der Waals surface area contributed by atoms with Crippen molar-refractivity contribution in [2.24, 2.45) is 0 Å². The molecule has 1 fully saturated rings. The molecule has 0 atom stereocenters. The first-order valence-corrected chi connectivity index (χ1v) is 7.69. The van der Waals surface area contributed by atoms with E-state index in [0.29, 0.717) is 23.5 Å². The summed E-state index contributed by atoms with van der Waals surface area (Å²) in [4.78, 5) is 0.440. The fourth-order valence-electron chi connectivity index (χ4n) is 2.35. The fourth-order valence-corrected chi connectivity index (χ4v) is 4.33. The van der Waals surface area contributed by atoms with Gasteiger partial charge in [-0.1, -0.05) is 0 Å². The lowest BCUT2D eigenvalue weighted by Gasteiger charge is -2.23. The second-order valence-corrected chi connectivity index (χ2v) is 6.82. The number of ether oxygens (including phenoxy) is 1. The number of methoxy groups -OCH3 is 1. The molecule has 1 N–H and O–H groups in total. The van der Waals surface area contributed by atoms with Crippen LogP contribution in [0.25, 0.3) is 0 Å². The highest BCUT2D eigenvalue weighted by Gasteiger charge is 2.29. The van der Waals surface area contributed by atoms with Crippen molar-refractivity contribution in [1.29, 1.82) is 0 Å². The minimum atomic E-state index is -3.21. The van der Waals surface area contributed by atoms with Gasteiger partial charge in [-0.05, 0) is 56.6 Å². The molecule has 1 aromatic rings. The normalized spacial score (nSPS) is 17.7. The Bertz CT molecular complexity index is 519. The molecule has 0 radical (unpaired) electrons. The maximum Gasteiger partial charge on any atom is 0.181 e. The van der Waals surface area contributed by atoms with Gasteiger partial charge in [0.1, 0.15) is 5.75 Å². The van der Waals surface area contributed by atoms with Crippen molar-refractivity contribution in [2.75, 3.05) is 20.2 Å². The van der Waals surface area contributed by atoms with Gasteiger partial charge in [0.25, 0.3) is 0 Å². The second kappa shape index (κ2) is 5.28. The molecule has 0 unspecified atom stereocenters. The Hall–Kier alpha value is -1.07. The maximum atomic E-state index is 12.5. The molecule has 18 heavy (non-hydrogen) atoms. The average molecular weight is 269 g/mol. The van der Waals surface area contributed by atoms with Gasteiger partial charge in [-0.25, -0.2) is 8.42 Å². The van der Waals surface area contributed by atoms with Gasteiger partial charge in [0.2, 0.25) is 0 Å². The van der Waals surface area contributed by atoms with Crippen LogP contribution in [0, 0.1) is 6.92 Å². The van der Waals surface area contributed by atoms with Crippen molar-refractivity contribution in [2.45, 2.75) is 29.9 Å². The van der Waals surface area contributed by atoms with E-state index < -0.39 is 9.84 Å². The zero-order chi connectivity index (χ0) is 13.2. The van der Waals surface area contributed by atoms with Gasteiger partial charge in [-0.15, -0.1) is 0 Å². The van der Waals surface area contributed by atoms with E-state index >= 15 is 0 Å². The monoisotopic (exact) mass is 269 g/mol. The summed E-state index contributed by atoms with van der Waals surface area (Å²) in [6.45, 7) is 3.37. The van der Waals surface area contributed by atoms with E-state index in [-0.39, 0.29) is 5.25 Å². The Labute approximate surface area is 108 Å². The van der Waals surface area contributed by atoms with Crippen molar-refractivity contribution < 1.29 is 13.2 Å². The van der Waals surface area contributed by atoms with Crippen molar-refractivity contribution >= 4 is 9.84 Å². The molecular formula is C13H19NO3S. The number of hydrogen-bond acceptors (Lipinski definition) is 4. The third kappa shape index (κ3) is 2.52. The second-order valence-electron chi connectivity index (χ2n) is 4.63. The molecule has 4 nitrogen and oxygen atoms in total. The number of sulfone groups is 1. The highest BCUT2D eigenvalue weighted by molar-refractivity contribution is 7.92. The first-order chi connectivity index (χ1) is 8.55. The lowest BCUT2D eigenvalue weighted by molar-refractivity contribution is 0.414. The lowest BCUT2D eigenvalue weighted by Crippen LogP contribution is -2.36. The Kier molecular flexibility index (Phi) is 3.92. The summed E-state index contributed by atoms with van der Waals surface area (Å²) >= 11 is 0. The van der Waals surface area contributed by atoms with Crippen LogP contribution >= 0.6 is 0 Å². The molecular weight excluding hydrogens is 250 g/mol. The zero-order valence-corrected chi connectivity index (χ0v) is 11.6. The molecule has 0 spiro atoms. The van der Waals surface area contributed by atoms with Crippen molar-refractivity contribution in [3.05, 3.63) is 23.8 Å². The molecule has 0 bridgehead atoms. The van der Waals surface area contributed by atoms with Crippen LogP contribution in [0.3, 0.4) is 0 Å². The van der Waals surface area contributed by atoms with Crippen LogP contribution in [0.2, 0.25) is 0 Å². The highest BCUT2D eigenvalue weighted by Crippen LogP contribution is 2.27. The molecule has 5 heteroatoms. The first kappa shape index (κ1) is 13.4. The van der Waals surface area contributed by atoms with Crippen LogP contribution < -0.4 is 10.1 Å². The van der Waals surface area contributed by atoms with Crippen LogP contribution in [0.1, 0.15) is 18.4 Å².